The van der Waals surface area contributed by atoms with Gasteiger partial charge in [0.15, 0.2) is 0 Å². The smallest absolute Gasteiger partial charge is 0.471 e. The second kappa shape index (κ2) is 4.13. The van der Waals surface area contributed by atoms with E-state index < -0.39 is 29.6 Å². The molecule has 2 fully saturated rings. The lowest BCUT2D eigenvalue weighted by Gasteiger charge is -2.58. The Bertz CT molecular complexity index is 374. The Morgan fingerprint density at radius 1 is 1.17 bits per heavy atom. The molecule has 102 valence electrons. The number of alkyl halides is 3. The molecule has 2 rings (SSSR count). The molecule has 1 heterocycles. The third-order valence-corrected chi connectivity index (χ3v) is 3.93. The van der Waals surface area contributed by atoms with E-state index in [9.17, 15) is 22.8 Å². The van der Waals surface area contributed by atoms with Gasteiger partial charge in [-0.3, -0.25) is 4.79 Å². The number of carboxylic acid groups (broad SMARTS) is 1. The van der Waals surface area contributed by atoms with Gasteiger partial charge in [-0.15, -0.1) is 0 Å². The van der Waals surface area contributed by atoms with E-state index in [1.807, 2.05) is 0 Å². The molecule has 0 radical (unpaired) electrons. The molecule has 1 amide bonds. The van der Waals surface area contributed by atoms with Gasteiger partial charge in [-0.1, -0.05) is 19.3 Å². The normalized spacial score (nSPS) is 26.8. The van der Waals surface area contributed by atoms with Crippen molar-refractivity contribution in [3.05, 3.63) is 0 Å². The average Bonchev–Trinajstić information content (AvgIpc) is 2.25. The van der Waals surface area contributed by atoms with Crippen LogP contribution in [0.15, 0.2) is 0 Å². The molecule has 0 aromatic carbocycles. The van der Waals surface area contributed by atoms with Gasteiger partial charge in [-0.05, 0) is 12.8 Å². The molecule has 1 aliphatic heterocycles. The van der Waals surface area contributed by atoms with Crippen LogP contribution in [0.5, 0.6) is 0 Å². The Kier molecular flexibility index (Phi) is 3.03. The highest BCUT2D eigenvalue weighted by Gasteiger charge is 2.61. The maximum Gasteiger partial charge on any atom is 0.471 e. The molecule has 1 saturated heterocycles. The lowest BCUT2D eigenvalue weighted by molar-refractivity contribution is -0.214. The van der Waals surface area contributed by atoms with Gasteiger partial charge in [0.1, 0.15) is 6.04 Å². The fourth-order valence-electron chi connectivity index (χ4n) is 3.11. The first-order valence-corrected chi connectivity index (χ1v) is 5.91. The molecule has 4 nitrogen and oxygen atoms in total. The lowest BCUT2D eigenvalue weighted by atomic mass is 9.68. The summed E-state index contributed by atoms with van der Waals surface area (Å²) in [5.41, 5.74) is -0.867. The minimum atomic E-state index is -5.00. The van der Waals surface area contributed by atoms with E-state index in [0.717, 1.165) is 19.3 Å². The molecule has 0 aromatic heterocycles. The van der Waals surface area contributed by atoms with Gasteiger partial charge in [-0.25, -0.2) is 4.79 Å². The lowest BCUT2D eigenvalue weighted by Crippen LogP contribution is -2.72. The third kappa shape index (κ3) is 1.95. The molecule has 1 atom stereocenters. The summed E-state index contributed by atoms with van der Waals surface area (Å²) in [7, 11) is 0. The van der Waals surface area contributed by atoms with Crippen molar-refractivity contribution in [2.24, 2.45) is 0 Å². The van der Waals surface area contributed by atoms with E-state index in [1.54, 1.807) is 0 Å². The molecule has 0 aromatic rings. The minimum Gasteiger partial charge on any atom is -0.480 e. The van der Waals surface area contributed by atoms with Gasteiger partial charge >= 0.3 is 18.1 Å². The molecule has 7 heteroatoms. The number of hydrogen-bond donors (Lipinski definition) is 1. The number of carbonyl (C=O) groups is 2. The third-order valence-electron chi connectivity index (χ3n) is 3.93. The van der Waals surface area contributed by atoms with Crippen molar-refractivity contribution < 1.29 is 27.9 Å². The van der Waals surface area contributed by atoms with E-state index in [-0.39, 0.29) is 6.42 Å². The molecule has 1 unspecified atom stereocenters. The van der Waals surface area contributed by atoms with Gasteiger partial charge < -0.3 is 10.0 Å². The highest BCUT2D eigenvalue weighted by Crippen LogP contribution is 2.48. The van der Waals surface area contributed by atoms with Crippen molar-refractivity contribution in [1.82, 2.24) is 4.90 Å². The molecule has 1 N–H and O–H groups in total. The van der Waals surface area contributed by atoms with Crippen molar-refractivity contribution in [2.45, 2.75) is 56.3 Å². The molecule has 2 aliphatic rings. The Morgan fingerprint density at radius 3 is 2.17 bits per heavy atom. The largest absolute Gasteiger partial charge is 0.480 e. The quantitative estimate of drug-likeness (QED) is 0.788. The van der Waals surface area contributed by atoms with Gasteiger partial charge in [0, 0.05) is 12.0 Å². The van der Waals surface area contributed by atoms with Crippen molar-refractivity contribution in [2.75, 3.05) is 0 Å². The monoisotopic (exact) mass is 265 g/mol. The van der Waals surface area contributed by atoms with Crippen LogP contribution >= 0.6 is 0 Å². The van der Waals surface area contributed by atoms with Crippen LogP contribution in [0.4, 0.5) is 13.2 Å². The summed E-state index contributed by atoms with van der Waals surface area (Å²) < 4.78 is 37.5. The SMILES string of the molecule is O=C(O)C1CC2(CCCCC2)N1C(=O)C(F)(F)F. The van der Waals surface area contributed by atoms with Crippen LogP contribution in [0.2, 0.25) is 0 Å². The molecular formula is C11H14F3NO3. The van der Waals surface area contributed by atoms with E-state index in [2.05, 4.69) is 0 Å². The number of aliphatic carboxylic acids is 1. The first kappa shape index (κ1) is 13.2. The Hall–Kier alpha value is -1.27. The number of halogens is 3. The Balaban J connectivity index is 2.24. The van der Waals surface area contributed by atoms with E-state index >= 15 is 0 Å². The average molecular weight is 265 g/mol. The molecule has 1 saturated carbocycles. The van der Waals surface area contributed by atoms with Gasteiger partial charge in [-0.2, -0.15) is 13.2 Å². The summed E-state index contributed by atoms with van der Waals surface area (Å²) in [4.78, 5) is 22.8. The maximum absolute atomic E-state index is 12.5. The van der Waals surface area contributed by atoms with Crippen LogP contribution in [0, 0.1) is 0 Å². The van der Waals surface area contributed by atoms with E-state index in [4.69, 9.17) is 5.11 Å². The first-order valence-electron chi connectivity index (χ1n) is 5.91. The zero-order valence-corrected chi connectivity index (χ0v) is 9.66. The number of rotatable bonds is 1. The predicted octanol–water partition coefficient (Wildman–Crippen LogP) is 1.94. The number of carbonyl (C=O) groups excluding carboxylic acids is 1. The van der Waals surface area contributed by atoms with E-state index in [0.29, 0.717) is 17.7 Å². The zero-order valence-electron chi connectivity index (χ0n) is 9.66. The summed E-state index contributed by atoms with van der Waals surface area (Å²) in [6.07, 6.45) is -1.50. The van der Waals surface area contributed by atoms with Crippen molar-refractivity contribution in [3.63, 3.8) is 0 Å². The minimum absolute atomic E-state index is 0.143. The Labute approximate surface area is 102 Å². The number of nitrogens with zero attached hydrogens (tertiary/aromatic N) is 1. The molecular weight excluding hydrogens is 251 g/mol. The molecule has 0 bridgehead atoms. The van der Waals surface area contributed by atoms with Gasteiger partial charge in [0.2, 0.25) is 0 Å². The predicted molar refractivity (Wildman–Crippen MR) is 54.8 cm³/mol. The Morgan fingerprint density at radius 2 is 1.72 bits per heavy atom. The van der Waals surface area contributed by atoms with Crippen LogP contribution in [-0.4, -0.2) is 39.6 Å². The van der Waals surface area contributed by atoms with Crippen LogP contribution in [0.3, 0.4) is 0 Å². The second-order valence-electron chi connectivity index (χ2n) is 5.02. The van der Waals surface area contributed by atoms with Crippen LogP contribution in [-0.2, 0) is 9.59 Å². The highest BCUT2D eigenvalue weighted by atomic mass is 19.4. The molecule has 18 heavy (non-hydrogen) atoms. The maximum atomic E-state index is 12.5. The summed E-state index contributed by atoms with van der Waals surface area (Å²) in [5, 5.41) is 8.87. The first-order chi connectivity index (χ1) is 8.28. The summed E-state index contributed by atoms with van der Waals surface area (Å²) in [5.74, 6) is -3.37. The fourth-order valence-corrected chi connectivity index (χ4v) is 3.11. The van der Waals surface area contributed by atoms with Crippen molar-refractivity contribution in [1.29, 1.82) is 0 Å². The van der Waals surface area contributed by atoms with Crippen LogP contribution < -0.4 is 0 Å². The molecule has 1 aliphatic carbocycles. The van der Waals surface area contributed by atoms with Gasteiger partial charge in [0.25, 0.3) is 0 Å². The fraction of sp³-hybridized carbons (Fsp3) is 0.818. The topological polar surface area (TPSA) is 57.6 Å². The number of carboxylic acids is 1. The summed E-state index contributed by atoms with van der Waals surface area (Å²) in [6.45, 7) is 0. The highest BCUT2D eigenvalue weighted by molar-refractivity contribution is 5.89. The summed E-state index contributed by atoms with van der Waals surface area (Å²) in [6, 6.07) is -1.32. The van der Waals surface area contributed by atoms with Gasteiger partial charge in [0.05, 0.1) is 0 Å². The van der Waals surface area contributed by atoms with E-state index in [1.165, 1.54) is 0 Å². The second-order valence-corrected chi connectivity index (χ2v) is 5.02. The van der Waals surface area contributed by atoms with Crippen LogP contribution in [0.25, 0.3) is 0 Å². The van der Waals surface area contributed by atoms with Crippen molar-refractivity contribution in [3.8, 4) is 0 Å². The molecule has 1 spiro atoms. The standard InChI is InChI=1S/C11H14F3NO3/c12-11(13,14)9(18)15-7(8(16)17)6-10(15)4-2-1-3-5-10/h7H,1-6H2,(H,16,17). The number of likely N-dealkylation sites (tertiary alicyclic amines) is 1. The number of hydrogen-bond acceptors (Lipinski definition) is 2. The zero-order chi connectivity index (χ0) is 13.6. The number of amides is 1. The summed E-state index contributed by atoms with van der Waals surface area (Å²) >= 11 is 0. The van der Waals surface area contributed by atoms with Crippen molar-refractivity contribution >= 4 is 11.9 Å². The van der Waals surface area contributed by atoms with Crippen LogP contribution in [0.1, 0.15) is 38.5 Å².